The van der Waals surface area contributed by atoms with Gasteiger partial charge in [-0.15, -0.1) is 0 Å². The van der Waals surface area contributed by atoms with Crippen molar-refractivity contribution in [2.24, 2.45) is 7.05 Å². The first-order valence-electron chi connectivity index (χ1n) is 8.46. The number of esters is 1. The summed E-state index contributed by atoms with van der Waals surface area (Å²) < 4.78 is 17.4. The smallest absolute Gasteiger partial charge is 0.359 e. The predicted molar refractivity (Wildman–Crippen MR) is 94.3 cm³/mol. The topological polar surface area (TPSA) is 96.5 Å². The Balaban J connectivity index is 1.44. The molecule has 4 rings (SSSR count). The van der Waals surface area contributed by atoms with Crippen molar-refractivity contribution in [2.45, 2.75) is 26.1 Å². The van der Waals surface area contributed by atoms with Crippen molar-refractivity contribution in [1.82, 2.24) is 14.9 Å². The van der Waals surface area contributed by atoms with E-state index >= 15 is 0 Å². The summed E-state index contributed by atoms with van der Waals surface area (Å²) in [5, 5.41) is 7.78. The fourth-order valence-electron chi connectivity index (χ4n) is 2.89. The number of nitrogens with zero attached hydrogens (tertiary/aromatic N) is 3. The fourth-order valence-corrected chi connectivity index (χ4v) is 2.89. The molecule has 0 unspecified atom stereocenters. The van der Waals surface area contributed by atoms with Gasteiger partial charge in [-0.3, -0.25) is 4.79 Å². The molecule has 8 nitrogen and oxygen atoms in total. The second kappa shape index (κ2) is 6.71. The minimum Gasteiger partial charge on any atom is -0.490 e. The van der Waals surface area contributed by atoms with Crippen molar-refractivity contribution >= 4 is 5.97 Å². The molecule has 1 aromatic carbocycles. The van der Waals surface area contributed by atoms with Gasteiger partial charge in [0.2, 0.25) is 0 Å². The third-order valence-electron chi connectivity index (χ3n) is 4.27. The molecule has 0 amide bonds. The van der Waals surface area contributed by atoms with Crippen molar-refractivity contribution in [2.75, 3.05) is 0 Å². The van der Waals surface area contributed by atoms with Gasteiger partial charge in [0.25, 0.3) is 5.56 Å². The summed E-state index contributed by atoms with van der Waals surface area (Å²) in [6.07, 6.45) is 1.07. The summed E-state index contributed by atoms with van der Waals surface area (Å²) >= 11 is 0. The number of aromatic nitrogens is 3. The van der Waals surface area contributed by atoms with Crippen molar-refractivity contribution in [3.05, 3.63) is 63.7 Å². The third kappa shape index (κ3) is 3.46. The number of benzene rings is 1. The molecule has 1 aliphatic rings. The van der Waals surface area contributed by atoms with Gasteiger partial charge in [-0.1, -0.05) is 17.3 Å². The van der Waals surface area contributed by atoms with Crippen LogP contribution in [-0.2, 0) is 24.8 Å². The normalized spacial score (nSPS) is 15.3. The van der Waals surface area contributed by atoms with E-state index in [2.05, 4.69) is 10.3 Å². The van der Waals surface area contributed by atoms with E-state index < -0.39 is 5.97 Å². The number of carbonyl (C=O) groups is 1. The Kier molecular flexibility index (Phi) is 4.23. The summed E-state index contributed by atoms with van der Waals surface area (Å²) in [5.74, 6) is 0.771. The summed E-state index contributed by atoms with van der Waals surface area (Å²) in [6, 6.07) is 10.2. The van der Waals surface area contributed by atoms with Gasteiger partial charge in [0, 0.05) is 31.2 Å². The summed E-state index contributed by atoms with van der Waals surface area (Å²) in [5.41, 5.74) is 2.22. The molecule has 0 N–H and O–H groups in total. The number of hydrogen-bond acceptors (Lipinski definition) is 7. The number of hydrogen-bond donors (Lipinski definition) is 0. The molecule has 0 saturated heterocycles. The Morgan fingerprint density at radius 2 is 2.15 bits per heavy atom. The lowest BCUT2D eigenvalue weighted by Crippen LogP contribution is -2.21. The van der Waals surface area contributed by atoms with Gasteiger partial charge in [-0.2, -0.15) is 5.10 Å². The zero-order valence-corrected chi connectivity index (χ0v) is 14.8. The Bertz CT molecular complexity index is 1070. The van der Waals surface area contributed by atoms with Gasteiger partial charge in [0.05, 0.1) is 0 Å². The van der Waals surface area contributed by atoms with Crippen LogP contribution in [0.5, 0.6) is 5.75 Å². The molecule has 0 aliphatic carbocycles. The summed E-state index contributed by atoms with van der Waals surface area (Å²) in [6.45, 7) is 1.96. The van der Waals surface area contributed by atoms with Crippen molar-refractivity contribution in [3.8, 4) is 17.1 Å². The Morgan fingerprint density at radius 3 is 2.96 bits per heavy atom. The van der Waals surface area contributed by atoms with Crippen molar-refractivity contribution in [3.63, 3.8) is 0 Å². The molecular weight excluding hydrogens is 350 g/mol. The van der Waals surface area contributed by atoms with Crippen LogP contribution < -0.4 is 10.3 Å². The molecule has 0 radical (unpaired) electrons. The second-order valence-corrected chi connectivity index (χ2v) is 6.39. The lowest BCUT2D eigenvalue weighted by molar-refractivity contribution is 0.0454. The van der Waals surface area contributed by atoms with Crippen LogP contribution in [0, 0.1) is 0 Å². The van der Waals surface area contributed by atoms with Gasteiger partial charge in [0.1, 0.15) is 24.2 Å². The van der Waals surface area contributed by atoms with Gasteiger partial charge < -0.3 is 14.0 Å². The lowest BCUT2D eigenvalue weighted by Gasteiger charge is -2.03. The quantitative estimate of drug-likeness (QED) is 0.652. The first kappa shape index (κ1) is 17.0. The van der Waals surface area contributed by atoms with Gasteiger partial charge in [-0.25, -0.2) is 9.48 Å². The van der Waals surface area contributed by atoms with E-state index in [0.29, 0.717) is 11.5 Å². The van der Waals surface area contributed by atoms with Crippen molar-refractivity contribution in [1.29, 1.82) is 0 Å². The molecule has 2 aromatic heterocycles. The summed E-state index contributed by atoms with van der Waals surface area (Å²) in [7, 11) is 1.46. The molecule has 138 valence electrons. The molecule has 27 heavy (non-hydrogen) atoms. The molecule has 0 fully saturated rings. The molecule has 3 heterocycles. The van der Waals surface area contributed by atoms with Crippen LogP contribution in [0.2, 0.25) is 0 Å². The molecule has 0 bridgehead atoms. The van der Waals surface area contributed by atoms with Crippen LogP contribution in [-0.4, -0.2) is 27.0 Å². The number of fused-ring (bicyclic) bond motifs is 1. The summed E-state index contributed by atoms with van der Waals surface area (Å²) in [4.78, 5) is 23.4. The minimum atomic E-state index is -0.643. The first-order valence-corrected chi connectivity index (χ1v) is 8.46. The van der Waals surface area contributed by atoms with Gasteiger partial charge in [-0.05, 0) is 24.6 Å². The number of ether oxygens (including phenoxy) is 2. The highest BCUT2D eigenvalue weighted by molar-refractivity contribution is 5.86. The standard InChI is InChI=1S/C19H17N3O5/c1-11-7-12-3-4-13(8-16(12)26-11)17-9-14(21-27-17)10-25-19(24)15-5-6-18(23)22(2)20-15/h3-6,8-9,11H,7,10H2,1-2H3/t11-/m1/s1. The zero-order chi connectivity index (χ0) is 19.0. The first-order chi connectivity index (χ1) is 13.0. The Morgan fingerprint density at radius 1 is 1.30 bits per heavy atom. The number of aryl methyl sites for hydroxylation is 1. The third-order valence-corrected chi connectivity index (χ3v) is 4.27. The Hall–Kier alpha value is -3.42. The molecule has 0 spiro atoms. The average molecular weight is 367 g/mol. The molecule has 1 aliphatic heterocycles. The molecule has 8 heteroatoms. The molecular formula is C19H17N3O5. The molecule has 0 saturated carbocycles. The highest BCUT2D eigenvalue weighted by Crippen LogP contribution is 2.33. The van der Waals surface area contributed by atoms with E-state index in [1.807, 2.05) is 25.1 Å². The van der Waals surface area contributed by atoms with E-state index in [4.69, 9.17) is 14.0 Å². The monoisotopic (exact) mass is 367 g/mol. The molecule has 3 aromatic rings. The van der Waals surface area contributed by atoms with E-state index in [0.717, 1.165) is 22.4 Å². The lowest BCUT2D eigenvalue weighted by atomic mass is 10.1. The Labute approximate surface area is 154 Å². The van der Waals surface area contributed by atoms with E-state index in [-0.39, 0.29) is 24.0 Å². The SMILES string of the molecule is C[C@@H]1Cc2ccc(-c3cc(COC(=O)c4ccc(=O)n(C)n4)no3)cc2O1. The maximum atomic E-state index is 12.0. The van der Waals surface area contributed by atoms with E-state index in [1.54, 1.807) is 6.07 Å². The zero-order valence-electron chi connectivity index (χ0n) is 14.8. The van der Waals surface area contributed by atoms with Crippen molar-refractivity contribution < 1.29 is 18.8 Å². The van der Waals surface area contributed by atoms with E-state index in [9.17, 15) is 9.59 Å². The van der Waals surface area contributed by atoms with Crippen LogP contribution in [0.3, 0.4) is 0 Å². The molecule has 1 atom stereocenters. The maximum absolute atomic E-state index is 12.0. The van der Waals surface area contributed by atoms with Crippen LogP contribution in [0.25, 0.3) is 11.3 Å². The van der Waals surface area contributed by atoms with Crippen LogP contribution in [0.4, 0.5) is 0 Å². The minimum absolute atomic E-state index is 0.0470. The number of rotatable bonds is 4. The van der Waals surface area contributed by atoms with Gasteiger partial charge >= 0.3 is 5.97 Å². The van der Waals surface area contributed by atoms with Crippen LogP contribution in [0.1, 0.15) is 28.7 Å². The maximum Gasteiger partial charge on any atom is 0.359 e. The van der Waals surface area contributed by atoms with E-state index in [1.165, 1.54) is 24.7 Å². The fraction of sp³-hybridized carbons (Fsp3) is 0.263. The van der Waals surface area contributed by atoms with Crippen LogP contribution >= 0.6 is 0 Å². The highest BCUT2D eigenvalue weighted by atomic mass is 16.5. The largest absolute Gasteiger partial charge is 0.490 e. The van der Waals surface area contributed by atoms with Crippen LogP contribution in [0.15, 0.2) is 45.7 Å². The predicted octanol–water partition coefficient (Wildman–Crippen LogP) is 2.12. The average Bonchev–Trinajstić information content (AvgIpc) is 3.26. The second-order valence-electron chi connectivity index (χ2n) is 6.39. The highest BCUT2D eigenvalue weighted by Gasteiger charge is 2.20. The van der Waals surface area contributed by atoms with Gasteiger partial charge in [0.15, 0.2) is 11.5 Å². The number of carbonyl (C=O) groups excluding carboxylic acids is 1.